The van der Waals surface area contributed by atoms with Crippen molar-refractivity contribution in [3.8, 4) is 0 Å². The molecule has 2 rings (SSSR count). The fourth-order valence-electron chi connectivity index (χ4n) is 1.60. The largest absolute Gasteiger partial charge is 0.472 e. The van der Waals surface area contributed by atoms with Gasteiger partial charge in [-0.1, -0.05) is 15.9 Å². The second-order valence-electron chi connectivity index (χ2n) is 4.07. The molecule has 0 aliphatic heterocycles. The third-order valence-corrected chi connectivity index (χ3v) is 4.69. The van der Waals surface area contributed by atoms with Crippen LogP contribution in [-0.2, 0) is 16.6 Å². The lowest BCUT2D eigenvalue weighted by molar-refractivity contribution is 0.561. The molecule has 102 valence electrons. The molecule has 1 heterocycles. The molecule has 0 radical (unpaired) electrons. The van der Waals surface area contributed by atoms with Gasteiger partial charge in [0.1, 0.15) is 0 Å². The van der Waals surface area contributed by atoms with E-state index in [1.807, 2.05) is 0 Å². The average molecular weight is 345 g/mol. The first-order valence-corrected chi connectivity index (χ1v) is 7.74. The fourth-order valence-corrected chi connectivity index (χ4v) is 3.54. The number of hydrogen-bond donors (Lipinski definition) is 2. The van der Waals surface area contributed by atoms with E-state index in [1.54, 1.807) is 19.1 Å². The summed E-state index contributed by atoms with van der Waals surface area (Å²) in [6.45, 7) is 1.85. The van der Waals surface area contributed by atoms with Crippen LogP contribution in [0, 0.1) is 6.92 Å². The molecule has 0 aliphatic carbocycles. The van der Waals surface area contributed by atoms with Crippen molar-refractivity contribution in [2.75, 3.05) is 5.73 Å². The lowest BCUT2D eigenvalue weighted by Gasteiger charge is -2.11. The predicted molar refractivity (Wildman–Crippen MR) is 76.0 cm³/mol. The summed E-state index contributed by atoms with van der Waals surface area (Å²) in [6, 6.07) is 4.90. The summed E-state index contributed by atoms with van der Waals surface area (Å²) in [5.74, 6) is 0. The molecule has 7 heteroatoms. The minimum absolute atomic E-state index is 0.169. The summed E-state index contributed by atoms with van der Waals surface area (Å²) in [4.78, 5) is 0.169. The van der Waals surface area contributed by atoms with Gasteiger partial charge in [-0.25, -0.2) is 13.1 Å². The highest BCUT2D eigenvalue weighted by Gasteiger charge is 2.18. The molecule has 1 aromatic carbocycles. The Morgan fingerprint density at radius 1 is 1.42 bits per heavy atom. The molecule has 0 aliphatic rings. The molecule has 3 N–H and O–H groups in total. The first-order valence-electron chi connectivity index (χ1n) is 5.46. The predicted octanol–water partition coefficient (Wildman–Crippen LogP) is 2.41. The molecule has 0 saturated heterocycles. The summed E-state index contributed by atoms with van der Waals surface area (Å²) in [7, 11) is -3.61. The Morgan fingerprint density at radius 3 is 2.79 bits per heavy atom. The van der Waals surface area contributed by atoms with Crippen molar-refractivity contribution in [1.29, 1.82) is 0 Å². The van der Waals surface area contributed by atoms with Crippen LogP contribution in [0.25, 0.3) is 0 Å². The van der Waals surface area contributed by atoms with Gasteiger partial charge in [0.15, 0.2) is 0 Å². The number of hydrogen-bond acceptors (Lipinski definition) is 4. The van der Waals surface area contributed by atoms with E-state index in [-0.39, 0.29) is 11.4 Å². The maximum absolute atomic E-state index is 12.2. The lowest BCUT2D eigenvalue weighted by Crippen LogP contribution is -2.24. The summed E-state index contributed by atoms with van der Waals surface area (Å²) >= 11 is 3.24. The zero-order valence-corrected chi connectivity index (χ0v) is 12.6. The number of nitrogens with one attached hydrogen (secondary N) is 1. The van der Waals surface area contributed by atoms with E-state index >= 15 is 0 Å². The second-order valence-corrected chi connectivity index (χ2v) is 6.73. The first kappa shape index (κ1) is 14.1. The molecule has 1 aromatic heterocycles. The van der Waals surface area contributed by atoms with E-state index in [2.05, 4.69) is 20.7 Å². The Labute approximate surface area is 120 Å². The number of nitrogen functional groups attached to an aromatic ring is 1. The maximum Gasteiger partial charge on any atom is 0.241 e. The third kappa shape index (κ3) is 3.17. The minimum atomic E-state index is -3.61. The molecule has 0 spiro atoms. The summed E-state index contributed by atoms with van der Waals surface area (Å²) in [5.41, 5.74) is 7.48. The Kier molecular flexibility index (Phi) is 3.98. The van der Waals surface area contributed by atoms with Crippen LogP contribution in [0.5, 0.6) is 0 Å². The molecule has 0 atom stereocenters. The van der Waals surface area contributed by atoms with E-state index in [0.717, 1.165) is 5.56 Å². The van der Waals surface area contributed by atoms with Gasteiger partial charge in [-0.15, -0.1) is 0 Å². The van der Waals surface area contributed by atoms with Gasteiger partial charge in [0, 0.05) is 22.3 Å². The van der Waals surface area contributed by atoms with Crippen LogP contribution in [-0.4, -0.2) is 8.42 Å². The highest BCUT2D eigenvalue weighted by molar-refractivity contribution is 9.10. The van der Waals surface area contributed by atoms with Crippen LogP contribution >= 0.6 is 15.9 Å². The minimum Gasteiger partial charge on any atom is -0.472 e. The number of furan rings is 1. The van der Waals surface area contributed by atoms with E-state index in [1.165, 1.54) is 18.6 Å². The van der Waals surface area contributed by atoms with Crippen molar-refractivity contribution < 1.29 is 12.8 Å². The number of sulfonamides is 1. The van der Waals surface area contributed by atoms with Gasteiger partial charge >= 0.3 is 0 Å². The Hall–Kier alpha value is -1.31. The quantitative estimate of drug-likeness (QED) is 0.834. The number of halogens is 1. The maximum atomic E-state index is 12.2. The van der Waals surface area contributed by atoms with Crippen molar-refractivity contribution in [3.63, 3.8) is 0 Å². The Morgan fingerprint density at radius 2 is 2.16 bits per heavy atom. The van der Waals surface area contributed by atoms with Gasteiger partial charge in [-0.05, 0) is 30.7 Å². The van der Waals surface area contributed by atoms with Crippen molar-refractivity contribution in [2.45, 2.75) is 18.4 Å². The average Bonchev–Trinajstić information content (AvgIpc) is 2.84. The zero-order chi connectivity index (χ0) is 14.0. The van der Waals surface area contributed by atoms with Crippen LogP contribution < -0.4 is 10.5 Å². The molecular weight excluding hydrogens is 332 g/mol. The van der Waals surface area contributed by atoms with Crippen LogP contribution in [0.1, 0.15) is 11.1 Å². The van der Waals surface area contributed by atoms with Gasteiger partial charge in [-0.2, -0.15) is 0 Å². The van der Waals surface area contributed by atoms with Gasteiger partial charge < -0.3 is 10.2 Å². The van der Waals surface area contributed by atoms with Crippen molar-refractivity contribution in [3.05, 3.63) is 46.3 Å². The van der Waals surface area contributed by atoms with E-state index in [0.29, 0.717) is 15.7 Å². The second kappa shape index (κ2) is 5.36. The smallest absolute Gasteiger partial charge is 0.241 e. The molecule has 0 bridgehead atoms. The van der Waals surface area contributed by atoms with Gasteiger partial charge in [-0.3, -0.25) is 0 Å². The Balaban J connectivity index is 2.29. The normalized spacial score (nSPS) is 11.7. The highest BCUT2D eigenvalue weighted by Crippen LogP contribution is 2.26. The van der Waals surface area contributed by atoms with Gasteiger partial charge in [0.25, 0.3) is 0 Å². The van der Waals surface area contributed by atoms with Crippen LogP contribution in [0.4, 0.5) is 5.69 Å². The van der Waals surface area contributed by atoms with E-state index < -0.39 is 10.0 Å². The first-order chi connectivity index (χ1) is 8.90. The molecule has 0 fully saturated rings. The molecule has 0 unspecified atom stereocenters. The van der Waals surface area contributed by atoms with Crippen LogP contribution in [0.2, 0.25) is 0 Å². The Bertz CT molecular complexity index is 681. The molecule has 19 heavy (non-hydrogen) atoms. The number of anilines is 1. The van der Waals surface area contributed by atoms with Crippen LogP contribution in [0.3, 0.4) is 0 Å². The van der Waals surface area contributed by atoms with E-state index in [9.17, 15) is 8.42 Å². The summed E-state index contributed by atoms with van der Waals surface area (Å²) in [5, 5.41) is 0. The fraction of sp³-hybridized carbons (Fsp3) is 0.167. The SMILES string of the molecule is Cc1c(N)cc(Br)cc1S(=O)(=O)NCc1ccoc1. The highest BCUT2D eigenvalue weighted by atomic mass is 79.9. The third-order valence-electron chi connectivity index (χ3n) is 2.70. The summed E-state index contributed by atoms with van der Waals surface area (Å²) in [6.07, 6.45) is 2.98. The van der Waals surface area contributed by atoms with Gasteiger partial charge in [0.05, 0.1) is 17.4 Å². The number of nitrogens with two attached hydrogens (primary N) is 1. The monoisotopic (exact) mass is 344 g/mol. The number of benzene rings is 1. The number of rotatable bonds is 4. The van der Waals surface area contributed by atoms with E-state index in [4.69, 9.17) is 10.2 Å². The van der Waals surface area contributed by atoms with Gasteiger partial charge in [0.2, 0.25) is 10.0 Å². The zero-order valence-electron chi connectivity index (χ0n) is 10.2. The molecular formula is C12H13BrN2O3S. The topological polar surface area (TPSA) is 85.3 Å². The standard InChI is InChI=1S/C12H13BrN2O3S/c1-8-11(14)4-10(13)5-12(8)19(16,17)15-6-9-2-3-18-7-9/h2-5,7,15H,6,14H2,1H3. The van der Waals surface area contributed by atoms with Crippen molar-refractivity contribution in [2.24, 2.45) is 0 Å². The lowest BCUT2D eigenvalue weighted by atomic mass is 10.2. The molecule has 2 aromatic rings. The van der Waals surface area contributed by atoms with Crippen molar-refractivity contribution >= 4 is 31.6 Å². The van der Waals surface area contributed by atoms with Crippen LogP contribution in [0.15, 0.2) is 44.5 Å². The molecule has 0 amide bonds. The molecule has 0 saturated carbocycles. The molecule has 5 nitrogen and oxygen atoms in total. The summed E-state index contributed by atoms with van der Waals surface area (Å²) < 4.78 is 32.5. The van der Waals surface area contributed by atoms with Crippen molar-refractivity contribution in [1.82, 2.24) is 4.72 Å².